The molecule has 1 aliphatic rings. The molecule has 0 aliphatic carbocycles. The Bertz CT molecular complexity index is 683. The molecule has 0 bridgehead atoms. The lowest BCUT2D eigenvalue weighted by molar-refractivity contribution is -0.133. The smallest absolute Gasteiger partial charge is 0.223 e. The van der Waals surface area contributed by atoms with Crippen LogP contribution in [0.2, 0.25) is 4.34 Å². The van der Waals surface area contributed by atoms with Crippen molar-refractivity contribution in [2.45, 2.75) is 38.6 Å². The first-order chi connectivity index (χ1) is 10.8. The second-order valence-corrected chi connectivity index (χ2v) is 9.61. The highest BCUT2D eigenvalue weighted by atomic mass is 35.5. The highest BCUT2D eigenvalue weighted by molar-refractivity contribution is 7.91. The Labute approximate surface area is 145 Å². The number of carbonyl (C=O) groups excluding carboxylic acids is 2. The summed E-state index contributed by atoms with van der Waals surface area (Å²) in [7, 11) is -3.04. The van der Waals surface area contributed by atoms with E-state index >= 15 is 0 Å². The number of amides is 1. The number of nitrogens with zero attached hydrogens (tertiary/aromatic N) is 1. The third-order valence-corrected chi connectivity index (χ3v) is 6.87. The van der Waals surface area contributed by atoms with Gasteiger partial charge in [0.25, 0.3) is 0 Å². The normalized spacial score (nSPS) is 19.7. The summed E-state index contributed by atoms with van der Waals surface area (Å²) in [6, 6.07) is 3.07. The Morgan fingerprint density at radius 3 is 2.61 bits per heavy atom. The molecule has 1 saturated heterocycles. The first kappa shape index (κ1) is 18.4. The molecule has 1 fully saturated rings. The van der Waals surface area contributed by atoms with Gasteiger partial charge in [-0.1, -0.05) is 18.5 Å². The summed E-state index contributed by atoms with van der Waals surface area (Å²) in [6.45, 7) is 2.47. The number of sulfone groups is 1. The molecular formula is C15H20ClNO4S2. The lowest BCUT2D eigenvalue weighted by Gasteiger charge is -2.28. The maximum absolute atomic E-state index is 12.4. The van der Waals surface area contributed by atoms with Crippen molar-refractivity contribution in [2.75, 3.05) is 18.1 Å². The van der Waals surface area contributed by atoms with Gasteiger partial charge in [-0.15, -0.1) is 11.3 Å². The van der Waals surface area contributed by atoms with Gasteiger partial charge in [-0.25, -0.2) is 8.42 Å². The molecule has 2 rings (SSSR count). The summed E-state index contributed by atoms with van der Waals surface area (Å²) >= 11 is 7.01. The number of hydrogen-bond acceptors (Lipinski definition) is 5. The zero-order valence-electron chi connectivity index (χ0n) is 13.0. The summed E-state index contributed by atoms with van der Waals surface area (Å²) in [4.78, 5) is 26.7. The summed E-state index contributed by atoms with van der Waals surface area (Å²) in [5.41, 5.74) is 0. The van der Waals surface area contributed by atoms with E-state index in [1.807, 2.05) is 6.92 Å². The Morgan fingerprint density at radius 1 is 1.35 bits per heavy atom. The minimum Gasteiger partial charge on any atom is -0.339 e. The zero-order chi connectivity index (χ0) is 17.0. The zero-order valence-corrected chi connectivity index (χ0v) is 15.3. The van der Waals surface area contributed by atoms with Gasteiger partial charge in [0.05, 0.1) is 20.7 Å². The van der Waals surface area contributed by atoms with Crippen LogP contribution in [0.3, 0.4) is 0 Å². The maximum Gasteiger partial charge on any atom is 0.223 e. The Kier molecular flexibility index (Phi) is 6.22. The number of Topliss-reactive ketones (excluding diaryl/α,β-unsaturated/α-hetero) is 1. The molecule has 1 aromatic heterocycles. The van der Waals surface area contributed by atoms with E-state index in [0.717, 1.165) is 6.42 Å². The van der Waals surface area contributed by atoms with Crippen molar-refractivity contribution in [2.24, 2.45) is 0 Å². The third kappa shape index (κ3) is 5.02. The van der Waals surface area contributed by atoms with Crippen LogP contribution in [0.4, 0.5) is 0 Å². The average Bonchev–Trinajstić information content (AvgIpc) is 3.07. The van der Waals surface area contributed by atoms with Gasteiger partial charge >= 0.3 is 0 Å². The Balaban J connectivity index is 1.94. The number of ketones is 1. The third-order valence-electron chi connectivity index (χ3n) is 3.85. The van der Waals surface area contributed by atoms with Gasteiger partial charge in [0.2, 0.25) is 5.91 Å². The van der Waals surface area contributed by atoms with Crippen molar-refractivity contribution in [1.29, 1.82) is 0 Å². The molecule has 128 valence electrons. The quantitative estimate of drug-likeness (QED) is 0.685. The van der Waals surface area contributed by atoms with Crippen molar-refractivity contribution in [3.8, 4) is 0 Å². The van der Waals surface area contributed by atoms with Crippen LogP contribution in [-0.2, 0) is 14.6 Å². The predicted octanol–water partition coefficient (Wildman–Crippen LogP) is 2.79. The average molecular weight is 378 g/mol. The fourth-order valence-electron chi connectivity index (χ4n) is 2.72. The fraction of sp³-hybridized carbons (Fsp3) is 0.600. The van der Waals surface area contributed by atoms with Gasteiger partial charge in [-0.05, 0) is 25.0 Å². The summed E-state index contributed by atoms with van der Waals surface area (Å²) in [6.07, 6.45) is 1.47. The minimum atomic E-state index is -3.04. The predicted molar refractivity (Wildman–Crippen MR) is 92.0 cm³/mol. The van der Waals surface area contributed by atoms with Crippen LogP contribution < -0.4 is 0 Å². The number of thiophene rings is 1. The Morgan fingerprint density at radius 2 is 2.09 bits per heavy atom. The first-order valence-electron chi connectivity index (χ1n) is 7.61. The standard InChI is InChI=1S/C15H20ClNO4S2/c1-2-8-17(11-7-9-23(20,21)10-11)15(19)6-3-12(18)13-4-5-14(16)22-13/h4-5,11H,2-3,6-10H2,1H3. The summed E-state index contributed by atoms with van der Waals surface area (Å²) < 4.78 is 23.8. The highest BCUT2D eigenvalue weighted by Gasteiger charge is 2.34. The molecule has 8 heteroatoms. The Hall–Kier alpha value is -0.920. The molecular weight excluding hydrogens is 358 g/mol. The van der Waals surface area contributed by atoms with Crippen molar-refractivity contribution in [1.82, 2.24) is 4.90 Å². The second kappa shape index (κ2) is 7.77. The van der Waals surface area contributed by atoms with Crippen LogP contribution in [0.1, 0.15) is 42.3 Å². The van der Waals surface area contributed by atoms with Crippen LogP contribution >= 0.6 is 22.9 Å². The molecule has 0 radical (unpaired) electrons. The van der Waals surface area contributed by atoms with Gasteiger partial charge in [-0.3, -0.25) is 9.59 Å². The molecule has 0 aromatic carbocycles. The van der Waals surface area contributed by atoms with E-state index in [2.05, 4.69) is 0 Å². The summed E-state index contributed by atoms with van der Waals surface area (Å²) in [5.74, 6) is -0.0824. The van der Waals surface area contributed by atoms with E-state index in [-0.39, 0.29) is 42.1 Å². The topological polar surface area (TPSA) is 71.5 Å². The maximum atomic E-state index is 12.4. The first-order valence-corrected chi connectivity index (χ1v) is 10.6. The summed E-state index contributed by atoms with van der Waals surface area (Å²) in [5, 5.41) is 0. The van der Waals surface area contributed by atoms with Crippen molar-refractivity contribution < 1.29 is 18.0 Å². The minimum absolute atomic E-state index is 0.0349. The van der Waals surface area contributed by atoms with E-state index < -0.39 is 9.84 Å². The molecule has 2 heterocycles. The molecule has 5 nitrogen and oxygen atoms in total. The molecule has 0 N–H and O–H groups in total. The van der Waals surface area contributed by atoms with Gasteiger partial charge in [0.15, 0.2) is 15.6 Å². The van der Waals surface area contributed by atoms with Crippen LogP contribution in [0.25, 0.3) is 0 Å². The van der Waals surface area contributed by atoms with E-state index in [4.69, 9.17) is 11.6 Å². The van der Waals surface area contributed by atoms with Gasteiger partial charge in [0.1, 0.15) is 0 Å². The molecule has 1 aliphatic heterocycles. The molecule has 0 saturated carbocycles. The molecule has 23 heavy (non-hydrogen) atoms. The van der Waals surface area contributed by atoms with Crippen molar-refractivity contribution >= 4 is 44.5 Å². The number of hydrogen-bond donors (Lipinski definition) is 0. The largest absolute Gasteiger partial charge is 0.339 e. The highest BCUT2D eigenvalue weighted by Crippen LogP contribution is 2.24. The number of carbonyl (C=O) groups is 2. The van der Waals surface area contributed by atoms with Crippen LogP contribution in [0, 0.1) is 0 Å². The molecule has 1 atom stereocenters. The molecule has 0 spiro atoms. The van der Waals surface area contributed by atoms with Crippen molar-refractivity contribution in [3.63, 3.8) is 0 Å². The monoisotopic (exact) mass is 377 g/mol. The van der Waals surface area contributed by atoms with Gasteiger partial charge < -0.3 is 4.90 Å². The van der Waals surface area contributed by atoms with E-state index in [0.29, 0.717) is 22.2 Å². The fourth-order valence-corrected chi connectivity index (χ4v) is 5.47. The van der Waals surface area contributed by atoms with E-state index in [1.165, 1.54) is 11.3 Å². The van der Waals surface area contributed by atoms with Crippen LogP contribution in [0.5, 0.6) is 0 Å². The lowest BCUT2D eigenvalue weighted by atomic mass is 10.1. The van der Waals surface area contributed by atoms with E-state index in [9.17, 15) is 18.0 Å². The number of rotatable bonds is 7. The van der Waals surface area contributed by atoms with Crippen LogP contribution in [0.15, 0.2) is 12.1 Å². The van der Waals surface area contributed by atoms with E-state index in [1.54, 1.807) is 17.0 Å². The lowest BCUT2D eigenvalue weighted by Crippen LogP contribution is -2.41. The second-order valence-electron chi connectivity index (χ2n) is 5.67. The SMILES string of the molecule is CCCN(C(=O)CCC(=O)c1ccc(Cl)s1)C1CCS(=O)(=O)C1. The van der Waals surface area contributed by atoms with Crippen LogP contribution in [-0.4, -0.2) is 49.1 Å². The number of halogens is 1. The molecule has 1 unspecified atom stereocenters. The molecule has 1 amide bonds. The van der Waals surface area contributed by atoms with Gasteiger partial charge in [-0.2, -0.15) is 0 Å². The molecule has 1 aromatic rings. The van der Waals surface area contributed by atoms with Gasteiger partial charge in [0, 0.05) is 25.4 Å². The van der Waals surface area contributed by atoms with Crippen molar-refractivity contribution in [3.05, 3.63) is 21.3 Å².